The van der Waals surface area contributed by atoms with Crippen molar-refractivity contribution >= 4 is 21.6 Å². The third kappa shape index (κ3) is 5.08. The van der Waals surface area contributed by atoms with Gasteiger partial charge < -0.3 is 15.0 Å². The van der Waals surface area contributed by atoms with Crippen molar-refractivity contribution < 1.29 is 17.9 Å². The number of benzene rings is 2. The Morgan fingerprint density at radius 2 is 1.80 bits per heavy atom. The molecule has 0 saturated carbocycles. The number of hydrogen-bond donors (Lipinski definition) is 1. The van der Waals surface area contributed by atoms with Crippen LogP contribution >= 0.6 is 0 Å². The van der Waals surface area contributed by atoms with Crippen LogP contribution in [0.15, 0.2) is 60.0 Å². The Kier molecular flexibility index (Phi) is 6.91. The summed E-state index contributed by atoms with van der Waals surface area (Å²) >= 11 is 0. The monoisotopic (exact) mass is 429 g/mol. The highest BCUT2D eigenvalue weighted by Gasteiger charge is 2.28. The zero-order valence-electron chi connectivity index (χ0n) is 17.3. The van der Waals surface area contributed by atoms with Crippen LogP contribution in [0.1, 0.15) is 15.9 Å². The molecule has 160 valence electrons. The van der Waals surface area contributed by atoms with Gasteiger partial charge in [0, 0.05) is 37.4 Å². The number of anilines is 1. The SMILES string of the molecule is C=CCOc1ccc(NC(=O)c2cc(S(=O)(=O)N3CCN(C)CC3)ccc2C)cc1. The van der Waals surface area contributed by atoms with Crippen LogP contribution in [-0.4, -0.2) is 63.4 Å². The zero-order valence-corrected chi connectivity index (χ0v) is 18.1. The zero-order chi connectivity index (χ0) is 21.7. The second-order valence-corrected chi connectivity index (χ2v) is 9.20. The Morgan fingerprint density at radius 1 is 1.13 bits per heavy atom. The maximum Gasteiger partial charge on any atom is 0.255 e. The Morgan fingerprint density at radius 3 is 2.43 bits per heavy atom. The molecule has 1 aliphatic heterocycles. The normalized spacial score (nSPS) is 15.5. The van der Waals surface area contributed by atoms with E-state index >= 15 is 0 Å². The number of likely N-dealkylation sites (N-methyl/N-ethyl adjacent to an activating group) is 1. The number of piperazine rings is 1. The minimum Gasteiger partial charge on any atom is -0.490 e. The van der Waals surface area contributed by atoms with Gasteiger partial charge in [-0.05, 0) is 55.9 Å². The Balaban J connectivity index is 1.77. The van der Waals surface area contributed by atoms with E-state index in [9.17, 15) is 13.2 Å². The highest BCUT2D eigenvalue weighted by molar-refractivity contribution is 7.89. The summed E-state index contributed by atoms with van der Waals surface area (Å²) in [5.74, 6) is 0.312. The van der Waals surface area contributed by atoms with Crippen LogP contribution in [0.5, 0.6) is 5.75 Å². The first-order valence-corrected chi connectivity index (χ1v) is 11.2. The van der Waals surface area contributed by atoms with Gasteiger partial charge in [0.25, 0.3) is 5.91 Å². The highest BCUT2D eigenvalue weighted by Crippen LogP contribution is 2.22. The Bertz CT molecular complexity index is 1010. The lowest BCUT2D eigenvalue weighted by Crippen LogP contribution is -2.47. The summed E-state index contributed by atoms with van der Waals surface area (Å²) in [6.07, 6.45) is 1.65. The molecule has 0 radical (unpaired) electrons. The first kappa shape index (κ1) is 22.0. The van der Waals surface area contributed by atoms with Crippen molar-refractivity contribution in [2.24, 2.45) is 0 Å². The van der Waals surface area contributed by atoms with E-state index < -0.39 is 10.0 Å². The maximum absolute atomic E-state index is 13.0. The highest BCUT2D eigenvalue weighted by atomic mass is 32.2. The molecule has 2 aromatic carbocycles. The molecule has 3 rings (SSSR count). The number of sulfonamides is 1. The first-order valence-electron chi connectivity index (χ1n) is 9.75. The van der Waals surface area contributed by atoms with Gasteiger partial charge in [-0.15, -0.1) is 0 Å². The van der Waals surface area contributed by atoms with Gasteiger partial charge >= 0.3 is 0 Å². The van der Waals surface area contributed by atoms with E-state index in [2.05, 4.69) is 16.8 Å². The molecular weight excluding hydrogens is 402 g/mol. The van der Waals surface area contributed by atoms with Crippen molar-refractivity contribution in [2.75, 3.05) is 45.2 Å². The molecule has 1 amide bonds. The van der Waals surface area contributed by atoms with Crippen LogP contribution in [0, 0.1) is 6.92 Å². The third-order valence-corrected chi connectivity index (χ3v) is 6.93. The third-order valence-electron chi connectivity index (χ3n) is 5.03. The van der Waals surface area contributed by atoms with Crippen molar-refractivity contribution in [2.45, 2.75) is 11.8 Å². The van der Waals surface area contributed by atoms with Crippen molar-refractivity contribution in [1.29, 1.82) is 0 Å². The van der Waals surface area contributed by atoms with Gasteiger partial charge in [0.15, 0.2) is 0 Å². The number of ether oxygens (including phenoxy) is 1. The van der Waals surface area contributed by atoms with E-state index in [1.807, 2.05) is 7.05 Å². The van der Waals surface area contributed by atoms with Gasteiger partial charge in [0.2, 0.25) is 10.0 Å². The summed E-state index contributed by atoms with van der Waals surface area (Å²) in [7, 11) is -1.67. The minimum atomic E-state index is -3.64. The van der Waals surface area contributed by atoms with Crippen LogP contribution in [0.2, 0.25) is 0 Å². The summed E-state index contributed by atoms with van der Waals surface area (Å²) in [5, 5.41) is 2.82. The average molecular weight is 430 g/mol. The van der Waals surface area contributed by atoms with E-state index in [1.54, 1.807) is 49.4 Å². The van der Waals surface area contributed by atoms with E-state index in [-0.39, 0.29) is 10.8 Å². The topological polar surface area (TPSA) is 78.9 Å². The number of nitrogens with zero attached hydrogens (tertiary/aromatic N) is 2. The molecule has 8 heteroatoms. The van der Waals surface area contributed by atoms with Crippen LogP contribution in [-0.2, 0) is 10.0 Å². The largest absolute Gasteiger partial charge is 0.490 e. The second kappa shape index (κ2) is 9.42. The van der Waals surface area contributed by atoms with E-state index in [0.717, 1.165) is 0 Å². The summed E-state index contributed by atoms with van der Waals surface area (Å²) < 4.78 is 32.9. The minimum absolute atomic E-state index is 0.135. The molecule has 1 aliphatic rings. The number of carbonyl (C=O) groups excluding carboxylic acids is 1. The molecule has 1 saturated heterocycles. The molecule has 7 nitrogen and oxygen atoms in total. The van der Waals surface area contributed by atoms with Crippen molar-refractivity contribution in [1.82, 2.24) is 9.21 Å². The molecule has 2 aromatic rings. The molecular formula is C22H27N3O4S. The average Bonchev–Trinajstić information content (AvgIpc) is 2.73. The van der Waals surface area contributed by atoms with Crippen molar-refractivity contribution in [3.8, 4) is 5.75 Å². The Hall–Kier alpha value is -2.68. The number of hydrogen-bond acceptors (Lipinski definition) is 5. The maximum atomic E-state index is 13.0. The van der Waals surface area contributed by atoms with Crippen LogP contribution in [0.3, 0.4) is 0 Å². The first-order chi connectivity index (χ1) is 14.3. The fraction of sp³-hybridized carbons (Fsp3) is 0.318. The van der Waals surface area contributed by atoms with Crippen LogP contribution in [0.25, 0.3) is 0 Å². The quantitative estimate of drug-likeness (QED) is 0.685. The predicted octanol–water partition coefficient (Wildman–Crippen LogP) is 2.75. The van der Waals surface area contributed by atoms with Crippen molar-refractivity contribution in [3.63, 3.8) is 0 Å². The molecule has 1 heterocycles. The molecule has 1 fully saturated rings. The molecule has 0 bridgehead atoms. The number of rotatable bonds is 7. The number of carbonyl (C=O) groups is 1. The summed E-state index contributed by atoms with van der Waals surface area (Å²) in [6.45, 7) is 8.04. The van der Waals surface area contributed by atoms with Gasteiger partial charge in [-0.2, -0.15) is 4.31 Å². The van der Waals surface area contributed by atoms with Gasteiger partial charge in [-0.1, -0.05) is 18.7 Å². The number of amides is 1. The lowest BCUT2D eigenvalue weighted by molar-refractivity contribution is 0.102. The smallest absolute Gasteiger partial charge is 0.255 e. The van der Waals surface area contributed by atoms with Crippen LogP contribution < -0.4 is 10.1 Å². The van der Waals surface area contributed by atoms with Gasteiger partial charge in [-0.3, -0.25) is 4.79 Å². The number of nitrogens with one attached hydrogen (secondary N) is 1. The second-order valence-electron chi connectivity index (χ2n) is 7.26. The molecule has 0 aromatic heterocycles. The van der Waals surface area contributed by atoms with E-state index in [0.29, 0.717) is 55.3 Å². The molecule has 0 atom stereocenters. The fourth-order valence-electron chi connectivity index (χ4n) is 3.17. The predicted molar refractivity (Wildman–Crippen MR) is 118 cm³/mol. The summed E-state index contributed by atoms with van der Waals surface area (Å²) in [5.41, 5.74) is 1.63. The molecule has 0 spiro atoms. The lowest BCUT2D eigenvalue weighted by atomic mass is 10.1. The van der Waals surface area contributed by atoms with Gasteiger partial charge in [0.1, 0.15) is 12.4 Å². The van der Waals surface area contributed by atoms with E-state index in [1.165, 1.54) is 10.4 Å². The fourth-order valence-corrected chi connectivity index (χ4v) is 4.62. The Labute approximate surface area is 178 Å². The van der Waals surface area contributed by atoms with Crippen LogP contribution in [0.4, 0.5) is 5.69 Å². The molecule has 0 unspecified atom stereocenters. The van der Waals surface area contributed by atoms with Gasteiger partial charge in [0.05, 0.1) is 4.90 Å². The molecule has 30 heavy (non-hydrogen) atoms. The van der Waals surface area contributed by atoms with Gasteiger partial charge in [-0.25, -0.2) is 8.42 Å². The van der Waals surface area contributed by atoms with E-state index in [4.69, 9.17) is 4.74 Å². The summed E-state index contributed by atoms with van der Waals surface area (Å²) in [6, 6.07) is 11.7. The summed E-state index contributed by atoms with van der Waals surface area (Å²) in [4.78, 5) is 15.0. The molecule has 0 aliphatic carbocycles. The lowest BCUT2D eigenvalue weighted by Gasteiger charge is -2.31. The number of aryl methyl sites for hydroxylation is 1. The standard InChI is InChI=1S/C22H27N3O4S/c1-4-15-29-19-8-6-18(7-9-19)23-22(26)21-16-20(10-5-17(21)2)30(27,28)25-13-11-24(3)12-14-25/h4-10,16H,1,11-15H2,2-3H3,(H,23,26). The molecule has 1 N–H and O–H groups in total. The van der Waals surface area contributed by atoms with Crippen molar-refractivity contribution in [3.05, 3.63) is 66.2 Å².